The molecule has 3 aromatic carbocycles. The average molecular weight is 742 g/mol. The van der Waals surface area contributed by atoms with E-state index < -0.39 is 24.7 Å². The van der Waals surface area contributed by atoms with E-state index in [4.69, 9.17) is 14.2 Å². The first kappa shape index (κ1) is 37.8. The molecule has 53 heavy (non-hydrogen) atoms. The van der Waals surface area contributed by atoms with Gasteiger partial charge in [-0.3, -0.25) is 24.4 Å². The number of hydrogen-bond acceptors (Lipinski definition) is 10. The van der Waals surface area contributed by atoms with Gasteiger partial charge in [-0.25, -0.2) is 0 Å². The number of methoxy groups -OCH3 is 2. The lowest BCUT2D eigenvalue weighted by molar-refractivity contribution is -0.385. The number of aryl methyl sites for hydroxylation is 1. The maximum absolute atomic E-state index is 14.9. The van der Waals surface area contributed by atoms with Gasteiger partial charge in [0.2, 0.25) is 0 Å². The molecule has 0 radical (unpaired) electrons. The van der Waals surface area contributed by atoms with E-state index >= 15 is 0 Å². The molecular weight excluding hydrogens is 695 g/mol. The second kappa shape index (κ2) is 15.6. The molecule has 6 rings (SSSR count). The van der Waals surface area contributed by atoms with E-state index in [-0.39, 0.29) is 48.0 Å². The number of esters is 1. The van der Waals surface area contributed by atoms with Crippen molar-refractivity contribution in [2.45, 2.75) is 75.4 Å². The van der Waals surface area contributed by atoms with Crippen LogP contribution in [-0.4, -0.2) is 78.4 Å². The smallest absolute Gasteiger partial charge is 0.305 e. The van der Waals surface area contributed by atoms with Crippen LogP contribution < -0.4 is 14.8 Å². The van der Waals surface area contributed by atoms with Gasteiger partial charge in [-0.05, 0) is 48.6 Å². The molecule has 5 atom stereocenters. The van der Waals surface area contributed by atoms with Gasteiger partial charge in [0.1, 0.15) is 5.75 Å². The number of unbranched alkanes of at least 4 members (excludes halogenated alkanes) is 1. The predicted octanol–water partition coefficient (Wildman–Crippen LogP) is 5.32. The van der Waals surface area contributed by atoms with E-state index in [9.17, 15) is 24.8 Å². The highest BCUT2D eigenvalue weighted by molar-refractivity contribution is 6.91. The molecule has 14 heteroatoms. The van der Waals surface area contributed by atoms with Crippen LogP contribution in [0.5, 0.6) is 5.75 Å². The van der Waals surface area contributed by atoms with Crippen LogP contribution in [0.15, 0.2) is 79.0 Å². The van der Waals surface area contributed by atoms with Crippen molar-refractivity contribution < 1.29 is 33.8 Å². The molecule has 1 aromatic heterocycles. The number of fused-ring (bicyclic) bond motifs is 2. The van der Waals surface area contributed by atoms with E-state index in [1.165, 1.54) is 24.4 Å². The molecule has 280 valence electrons. The molecule has 1 saturated heterocycles. The number of aliphatic hydroxyl groups excluding tert-OH is 1. The molecule has 1 spiro atoms. The van der Waals surface area contributed by atoms with E-state index in [0.717, 1.165) is 11.3 Å². The van der Waals surface area contributed by atoms with Crippen molar-refractivity contribution in [2.24, 2.45) is 5.92 Å². The Morgan fingerprint density at radius 1 is 1.08 bits per heavy atom. The van der Waals surface area contributed by atoms with Gasteiger partial charge in [0.05, 0.1) is 57.2 Å². The number of anilines is 1. The number of carbonyl (C=O) groups excluding carboxylic acids is 2. The van der Waals surface area contributed by atoms with Gasteiger partial charge in [-0.15, -0.1) is 5.10 Å². The summed E-state index contributed by atoms with van der Waals surface area (Å²) >= 11 is 0. The first-order valence-electron chi connectivity index (χ1n) is 18.0. The molecule has 0 bridgehead atoms. The Kier molecular flexibility index (Phi) is 11.1. The number of ether oxygens (including phenoxy) is 3. The number of nitrogens with zero attached hydrogens (tertiary/aromatic N) is 5. The predicted molar refractivity (Wildman–Crippen MR) is 201 cm³/mol. The van der Waals surface area contributed by atoms with Crippen molar-refractivity contribution in [3.63, 3.8) is 0 Å². The zero-order valence-electron chi connectivity index (χ0n) is 30.8. The molecule has 0 aliphatic carbocycles. The largest absolute Gasteiger partial charge is 0.497 e. The third-order valence-electron chi connectivity index (χ3n) is 11.2. The van der Waals surface area contributed by atoms with E-state index in [1.807, 2.05) is 55.6 Å². The van der Waals surface area contributed by atoms with Crippen LogP contribution in [-0.2, 0) is 31.2 Å². The fourth-order valence-electron chi connectivity index (χ4n) is 8.45. The monoisotopic (exact) mass is 741 g/mol. The summed E-state index contributed by atoms with van der Waals surface area (Å²) in [4.78, 5) is 40.0. The first-order chi connectivity index (χ1) is 25.5. The summed E-state index contributed by atoms with van der Waals surface area (Å²) < 4.78 is 19.1. The van der Waals surface area contributed by atoms with Crippen molar-refractivity contribution >= 4 is 36.5 Å². The van der Waals surface area contributed by atoms with Crippen molar-refractivity contribution in [3.8, 4) is 5.75 Å². The third-order valence-corrected chi connectivity index (χ3v) is 15.6. The van der Waals surface area contributed by atoms with Gasteiger partial charge in [-0.1, -0.05) is 72.9 Å². The molecule has 1 amide bonds. The number of aliphatic hydroxyl groups is 1. The van der Waals surface area contributed by atoms with E-state index in [0.29, 0.717) is 49.3 Å². The highest BCUT2D eigenvalue weighted by Gasteiger charge is 2.66. The maximum atomic E-state index is 14.9. The number of non-ortho nitro benzene ring substituents is 1. The van der Waals surface area contributed by atoms with Crippen molar-refractivity contribution in [3.05, 3.63) is 106 Å². The number of rotatable bonds is 15. The third kappa shape index (κ3) is 7.10. The van der Waals surface area contributed by atoms with Crippen LogP contribution in [0.4, 0.5) is 11.4 Å². The van der Waals surface area contributed by atoms with Gasteiger partial charge in [0.15, 0.2) is 5.60 Å². The summed E-state index contributed by atoms with van der Waals surface area (Å²) in [5.41, 5.74) is 1.01. The average Bonchev–Trinajstić information content (AvgIpc) is 3.82. The summed E-state index contributed by atoms with van der Waals surface area (Å²) in [7, 11) is 0.504. The topological polar surface area (TPSA) is 159 Å². The Labute approximate surface area is 310 Å². The normalized spacial score (nSPS) is 21.5. The van der Waals surface area contributed by atoms with Gasteiger partial charge in [0.25, 0.3) is 11.6 Å². The van der Waals surface area contributed by atoms with Gasteiger partial charge in [-0.2, -0.15) is 0 Å². The standard InChI is InChI=1S/C39H47N5O8Si/c1-26-37(53(4,5)30-17-15-29(50-2)16-18-30)35(20-22-42-24-33(40-41-42)31(25-45)27-11-7-6-8-12-27)52-39(26)32-23-28(44(48)49)14-19-34(32)43(38(39)47)21-10-9-13-36(46)51-3/h6-8,11-12,14-19,23-24,26,31,35,37,45H,9-10,13,20-22,25H2,1-5H3/t26-,31?,35+,37-,39+/m1/s1. The van der Waals surface area contributed by atoms with Crippen LogP contribution in [0.2, 0.25) is 18.6 Å². The number of aromatic nitrogens is 3. The molecule has 3 heterocycles. The Morgan fingerprint density at radius 3 is 2.47 bits per heavy atom. The van der Waals surface area contributed by atoms with Crippen molar-refractivity contribution in [1.82, 2.24) is 15.0 Å². The molecule has 2 aliphatic rings. The highest BCUT2D eigenvalue weighted by atomic mass is 28.3. The highest BCUT2D eigenvalue weighted by Crippen LogP contribution is 2.60. The van der Waals surface area contributed by atoms with Crippen LogP contribution >= 0.6 is 0 Å². The van der Waals surface area contributed by atoms with Gasteiger partial charge in [0, 0.05) is 49.3 Å². The zero-order chi connectivity index (χ0) is 37.9. The number of carbonyl (C=O) groups is 2. The number of benzene rings is 3. The quantitative estimate of drug-likeness (QED) is 0.0556. The SMILES string of the molecule is COC(=O)CCCCN1C(=O)[C@@]2(O[C@@H](CCn3cc(C(CO)c4ccccc4)nn3)[C@H]([Si](C)(C)c3ccc(OC)cc3)[C@H]2C)c2cc([N+](=O)[O-])ccc21. The Bertz CT molecular complexity index is 1940. The lowest BCUT2D eigenvalue weighted by atomic mass is 9.82. The summed E-state index contributed by atoms with van der Waals surface area (Å²) in [5.74, 6) is -0.501. The summed E-state index contributed by atoms with van der Waals surface area (Å²) in [6.45, 7) is 7.24. The molecule has 0 saturated carbocycles. The van der Waals surface area contributed by atoms with E-state index in [2.05, 4.69) is 35.5 Å². The maximum Gasteiger partial charge on any atom is 0.305 e. The number of hydrogen-bond donors (Lipinski definition) is 1. The molecule has 1 unspecified atom stereocenters. The molecule has 2 aliphatic heterocycles. The van der Waals surface area contributed by atoms with Crippen molar-refractivity contribution in [1.29, 1.82) is 0 Å². The van der Waals surface area contributed by atoms with Crippen molar-refractivity contribution in [2.75, 3.05) is 32.3 Å². The summed E-state index contributed by atoms with van der Waals surface area (Å²) in [5, 5.41) is 32.3. The second-order valence-corrected chi connectivity index (χ2v) is 19.1. The molecule has 1 fully saturated rings. The lowest BCUT2D eigenvalue weighted by Gasteiger charge is -2.37. The van der Waals surface area contributed by atoms with Gasteiger partial charge < -0.3 is 24.2 Å². The Morgan fingerprint density at radius 2 is 1.81 bits per heavy atom. The minimum Gasteiger partial charge on any atom is -0.497 e. The van der Waals surface area contributed by atoms with Crippen LogP contribution in [0.25, 0.3) is 0 Å². The first-order valence-corrected chi connectivity index (χ1v) is 21.1. The fourth-order valence-corrected chi connectivity index (χ4v) is 12.5. The second-order valence-electron chi connectivity index (χ2n) is 14.4. The Hall–Kier alpha value is -4.92. The molecule has 4 aromatic rings. The van der Waals surface area contributed by atoms with Crippen LogP contribution in [0.3, 0.4) is 0 Å². The lowest BCUT2D eigenvalue weighted by Crippen LogP contribution is -2.52. The fraction of sp³-hybridized carbons (Fsp3) is 0.436. The summed E-state index contributed by atoms with van der Waals surface area (Å²) in [6, 6.07) is 22.3. The van der Waals surface area contributed by atoms with Gasteiger partial charge >= 0.3 is 5.97 Å². The minimum absolute atomic E-state index is 0.0938. The number of nitro benzene ring substituents is 1. The number of amides is 1. The van der Waals surface area contributed by atoms with Crippen LogP contribution in [0.1, 0.15) is 55.3 Å². The summed E-state index contributed by atoms with van der Waals surface area (Å²) in [6.07, 6.45) is 3.21. The van der Waals surface area contributed by atoms with Crippen LogP contribution in [0, 0.1) is 16.0 Å². The zero-order valence-corrected chi connectivity index (χ0v) is 31.8. The van der Waals surface area contributed by atoms with E-state index in [1.54, 1.807) is 22.8 Å². The number of nitro groups is 1. The Balaban J connectivity index is 1.37. The molecular formula is C39H47N5O8Si. The molecule has 1 N–H and O–H groups in total. The minimum atomic E-state index is -2.47. The molecule has 13 nitrogen and oxygen atoms in total.